The predicted molar refractivity (Wildman–Crippen MR) is 104 cm³/mol. The SMILES string of the molecule is COc1ccc(-c2csc(NC(=O)Nc3ccc4c(c3)OCO4)n2)cc1C. The lowest BCUT2D eigenvalue weighted by Crippen LogP contribution is -2.19. The lowest BCUT2D eigenvalue weighted by Gasteiger charge is -2.06. The summed E-state index contributed by atoms with van der Waals surface area (Å²) < 4.78 is 15.8. The summed E-state index contributed by atoms with van der Waals surface area (Å²) >= 11 is 1.36. The fourth-order valence-corrected chi connectivity index (χ4v) is 3.45. The van der Waals surface area contributed by atoms with Gasteiger partial charge >= 0.3 is 6.03 Å². The first-order valence-corrected chi connectivity index (χ1v) is 9.08. The third kappa shape index (κ3) is 3.65. The third-order valence-corrected chi connectivity index (χ3v) is 4.80. The van der Waals surface area contributed by atoms with Crippen LogP contribution in [0.15, 0.2) is 41.8 Å². The summed E-state index contributed by atoms with van der Waals surface area (Å²) in [7, 11) is 1.64. The van der Waals surface area contributed by atoms with Crippen LogP contribution in [-0.4, -0.2) is 24.9 Å². The first-order chi connectivity index (χ1) is 13.1. The van der Waals surface area contributed by atoms with Gasteiger partial charge in [0.25, 0.3) is 0 Å². The van der Waals surface area contributed by atoms with Crippen molar-refractivity contribution in [3.05, 3.63) is 47.3 Å². The van der Waals surface area contributed by atoms with Gasteiger partial charge in [0, 0.05) is 22.7 Å². The van der Waals surface area contributed by atoms with E-state index in [4.69, 9.17) is 14.2 Å². The standard InChI is InChI=1S/C19H17N3O4S/c1-11-7-12(3-5-15(11)24-2)14-9-27-19(21-14)22-18(23)20-13-4-6-16-17(8-13)26-10-25-16/h3-9H,10H2,1-2H3,(H2,20,21,22,23). The van der Waals surface area contributed by atoms with Gasteiger partial charge in [0.1, 0.15) is 5.75 Å². The lowest BCUT2D eigenvalue weighted by molar-refractivity contribution is 0.174. The molecule has 3 aromatic rings. The Kier molecular flexibility index (Phi) is 4.55. The van der Waals surface area contributed by atoms with E-state index in [0.29, 0.717) is 22.3 Å². The van der Waals surface area contributed by atoms with Crippen molar-refractivity contribution in [1.29, 1.82) is 0 Å². The number of anilines is 2. The van der Waals surface area contributed by atoms with Crippen molar-refractivity contribution in [2.24, 2.45) is 0 Å². The van der Waals surface area contributed by atoms with Crippen molar-refractivity contribution >= 4 is 28.2 Å². The van der Waals surface area contributed by atoms with Crippen molar-refractivity contribution in [2.45, 2.75) is 6.92 Å². The molecule has 4 rings (SSSR count). The number of nitrogens with one attached hydrogen (secondary N) is 2. The number of carbonyl (C=O) groups excluding carboxylic acids is 1. The first kappa shape index (κ1) is 17.2. The number of rotatable bonds is 4. The molecule has 0 unspecified atom stereocenters. The van der Waals surface area contributed by atoms with Gasteiger partial charge in [-0.05, 0) is 42.8 Å². The van der Waals surface area contributed by atoms with Crippen molar-refractivity contribution in [2.75, 3.05) is 24.5 Å². The van der Waals surface area contributed by atoms with E-state index in [1.54, 1.807) is 25.3 Å². The molecule has 0 bridgehead atoms. The Labute approximate surface area is 159 Å². The lowest BCUT2D eigenvalue weighted by atomic mass is 10.1. The molecule has 138 valence electrons. The molecular formula is C19H17N3O4S. The molecule has 2 heterocycles. The van der Waals surface area contributed by atoms with Crippen LogP contribution in [0.25, 0.3) is 11.3 Å². The van der Waals surface area contributed by atoms with Gasteiger partial charge in [0.2, 0.25) is 6.79 Å². The Hall–Kier alpha value is -3.26. The Balaban J connectivity index is 1.43. The third-order valence-electron chi connectivity index (χ3n) is 4.05. The summed E-state index contributed by atoms with van der Waals surface area (Å²) in [5, 5.41) is 7.91. The van der Waals surface area contributed by atoms with E-state index >= 15 is 0 Å². The molecule has 8 heteroatoms. The molecule has 0 spiro atoms. The molecule has 0 atom stereocenters. The number of amides is 2. The van der Waals surface area contributed by atoms with E-state index in [1.807, 2.05) is 30.5 Å². The van der Waals surface area contributed by atoms with E-state index in [2.05, 4.69) is 15.6 Å². The van der Waals surface area contributed by atoms with Crippen LogP contribution in [-0.2, 0) is 0 Å². The van der Waals surface area contributed by atoms with Crippen LogP contribution in [0.1, 0.15) is 5.56 Å². The maximum Gasteiger partial charge on any atom is 0.325 e. The average Bonchev–Trinajstić information content (AvgIpc) is 3.30. The van der Waals surface area contributed by atoms with Gasteiger partial charge in [-0.3, -0.25) is 5.32 Å². The van der Waals surface area contributed by atoms with Gasteiger partial charge in [-0.1, -0.05) is 0 Å². The number of hydrogen-bond donors (Lipinski definition) is 2. The Bertz CT molecular complexity index is 1000. The average molecular weight is 383 g/mol. The van der Waals surface area contributed by atoms with Crippen molar-refractivity contribution in [3.63, 3.8) is 0 Å². The zero-order chi connectivity index (χ0) is 18.8. The molecule has 0 saturated carbocycles. The number of carbonyl (C=O) groups is 1. The molecule has 1 aliphatic heterocycles. The molecule has 7 nitrogen and oxygen atoms in total. The smallest absolute Gasteiger partial charge is 0.325 e. The summed E-state index contributed by atoms with van der Waals surface area (Å²) in [5.74, 6) is 2.11. The molecule has 1 aliphatic rings. The van der Waals surface area contributed by atoms with Crippen LogP contribution in [0.3, 0.4) is 0 Å². The van der Waals surface area contributed by atoms with Crippen molar-refractivity contribution in [1.82, 2.24) is 4.98 Å². The number of nitrogens with zero attached hydrogens (tertiary/aromatic N) is 1. The number of aromatic nitrogens is 1. The molecule has 2 amide bonds. The van der Waals surface area contributed by atoms with Gasteiger partial charge < -0.3 is 19.5 Å². The van der Waals surface area contributed by atoms with E-state index in [9.17, 15) is 4.79 Å². The quantitative estimate of drug-likeness (QED) is 0.693. The highest BCUT2D eigenvalue weighted by Crippen LogP contribution is 2.34. The minimum absolute atomic E-state index is 0.192. The van der Waals surface area contributed by atoms with Crippen LogP contribution in [0.4, 0.5) is 15.6 Å². The summed E-state index contributed by atoms with van der Waals surface area (Å²) in [6.45, 7) is 2.17. The highest BCUT2D eigenvalue weighted by Gasteiger charge is 2.15. The van der Waals surface area contributed by atoms with Gasteiger partial charge in [-0.25, -0.2) is 9.78 Å². The molecule has 0 saturated heterocycles. The molecular weight excluding hydrogens is 366 g/mol. The van der Waals surface area contributed by atoms with E-state index < -0.39 is 0 Å². The number of ether oxygens (including phenoxy) is 3. The van der Waals surface area contributed by atoms with Crippen LogP contribution in [0.2, 0.25) is 0 Å². The van der Waals surface area contributed by atoms with Gasteiger partial charge in [-0.15, -0.1) is 11.3 Å². The van der Waals surface area contributed by atoms with Gasteiger partial charge in [0.05, 0.1) is 12.8 Å². The van der Waals surface area contributed by atoms with Crippen molar-refractivity contribution < 1.29 is 19.0 Å². The van der Waals surface area contributed by atoms with Gasteiger partial charge in [-0.2, -0.15) is 0 Å². The topological polar surface area (TPSA) is 81.7 Å². The summed E-state index contributed by atoms with van der Waals surface area (Å²) in [5.41, 5.74) is 3.40. The normalized spacial score (nSPS) is 11.9. The molecule has 2 N–H and O–H groups in total. The summed E-state index contributed by atoms with van der Waals surface area (Å²) in [6.07, 6.45) is 0. The van der Waals surface area contributed by atoms with Crippen LogP contribution < -0.4 is 24.8 Å². The Morgan fingerprint density at radius 3 is 2.81 bits per heavy atom. The maximum absolute atomic E-state index is 12.2. The second kappa shape index (κ2) is 7.16. The number of fused-ring (bicyclic) bond motifs is 1. The first-order valence-electron chi connectivity index (χ1n) is 8.20. The Morgan fingerprint density at radius 1 is 1.15 bits per heavy atom. The second-order valence-electron chi connectivity index (χ2n) is 5.87. The summed E-state index contributed by atoms with van der Waals surface area (Å²) in [6, 6.07) is 10.7. The summed E-state index contributed by atoms with van der Waals surface area (Å²) in [4.78, 5) is 16.7. The van der Waals surface area contributed by atoms with Crippen LogP contribution in [0.5, 0.6) is 17.2 Å². The van der Waals surface area contributed by atoms with E-state index in [-0.39, 0.29) is 12.8 Å². The molecule has 2 aromatic carbocycles. The highest BCUT2D eigenvalue weighted by atomic mass is 32.1. The van der Waals surface area contributed by atoms with Crippen molar-refractivity contribution in [3.8, 4) is 28.5 Å². The molecule has 1 aromatic heterocycles. The largest absolute Gasteiger partial charge is 0.496 e. The number of hydrogen-bond acceptors (Lipinski definition) is 6. The zero-order valence-electron chi connectivity index (χ0n) is 14.7. The minimum atomic E-state index is -0.374. The van der Waals surface area contributed by atoms with Crippen LogP contribution >= 0.6 is 11.3 Å². The zero-order valence-corrected chi connectivity index (χ0v) is 15.6. The highest BCUT2D eigenvalue weighted by molar-refractivity contribution is 7.14. The number of aryl methyl sites for hydroxylation is 1. The monoisotopic (exact) mass is 383 g/mol. The molecule has 0 radical (unpaired) electrons. The Morgan fingerprint density at radius 2 is 2.00 bits per heavy atom. The number of benzene rings is 2. The molecule has 27 heavy (non-hydrogen) atoms. The van der Waals surface area contributed by atoms with Gasteiger partial charge in [0.15, 0.2) is 16.6 Å². The number of urea groups is 1. The molecule has 0 fully saturated rings. The fourth-order valence-electron chi connectivity index (χ4n) is 2.74. The fraction of sp³-hybridized carbons (Fsp3) is 0.158. The molecule has 0 aliphatic carbocycles. The predicted octanol–water partition coefficient (Wildman–Crippen LogP) is 4.50. The van der Waals surface area contributed by atoms with E-state index in [1.165, 1.54) is 11.3 Å². The minimum Gasteiger partial charge on any atom is -0.496 e. The number of methoxy groups -OCH3 is 1. The van der Waals surface area contributed by atoms with Crippen LogP contribution in [0, 0.1) is 6.92 Å². The number of thiazole rings is 1. The van der Waals surface area contributed by atoms with E-state index in [0.717, 1.165) is 22.6 Å². The second-order valence-corrected chi connectivity index (χ2v) is 6.73. The maximum atomic E-state index is 12.2.